The van der Waals surface area contributed by atoms with E-state index in [2.05, 4.69) is 91.1 Å². The smallest absolute Gasteiger partial charge is 0.213 e. The minimum atomic E-state index is 0.989. The van der Waals surface area contributed by atoms with Gasteiger partial charge in [0.15, 0.2) is 6.20 Å². The summed E-state index contributed by atoms with van der Waals surface area (Å²) in [6.07, 6.45) is 11.1. The first-order valence-corrected chi connectivity index (χ1v) is 10.1. The molecule has 1 saturated heterocycles. The van der Waals surface area contributed by atoms with Gasteiger partial charge in [0, 0.05) is 31.0 Å². The van der Waals surface area contributed by atoms with Crippen LogP contribution in [0, 0.1) is 0 Å². The zero-order chi connectivity index (χ0) is 17.6. The maximum absolute atomic E-state index is 2.44. The van der Waals surface area contributed by atoms with Crippen LogP contribution in [0.5, 0.6) is 0 Å². The molecule has 0 aliphatic carbocycles. The summed E-state index contributed by atoms with van der Waals surface area (Å²) in [5, 5.41) is 2.70. The topological polar surface area (TPSA) is 7.12 Å². The van der Waals surface area contributed by atoms with Crippen molar-refractivity contribution < 1.29 is 4.57 Å². The van der Waals surface area contributed by atoms with Crippen molar-refractivity contribution in [2.45, 2.75) is 27.3 Å². The highest BCUT2D eigenvalue weighted by Crippen LogP contribution is 2.27. The first-order valence-electron chi connectivity index (χ1n) is 9.08. The van der Waals surface area contributed by atoms with E-state index in [9.17, 15) is 0 Å². The molecule has 3 rings (SSSR count). The average molecular weight is 352 g/mol. The van der Waals surface area contributed by atoms with Crippen LogP contribution in [0.15, 0.2) is 65.4 Å². The Balaban J connectivity index is 1.83. The van der Waals surface area contributed by atoms with Gasteiger partial charge in [0.2, 0.25) is 5.52 Å². The van der Waals surface area contributed by atoms with E-state index in [4.69, 9.17) is 0 Å². The number of nitrogens with zero attached hydrogens (tertiary/aromatic N) is 2. The van der Waals surface area contributed by atoms with Gasteiger partial charge in [-0.05, 0) is 38.5 Å². The van der Waals surface area contributed by atoms with E-state index >= 15 is 0 Å². The zero-order valence-corrected chi connectivity index (χ0v) is 16.2. The number of aromatic nitrogens is 1. The van der Waals surface area contributed by atoms with Crippen molar-refractivity contribution in [1.82, 2.24) is 4.90 Å². The van der Waals surface area contributed by atoms with Gasteiger partial charge < -0.3 is 4.90 Å². The second-order valence-electron chi connectivity index (χ2n) is 6.25. The summed E-state index contributed by atoms with van der Waals surface area (Å²) in [5.41, 5.74) is 3.83. The second-order valence-corrected chi connectivity index (χ2v) is 7.37. The molecular weight excluding hydrogens is 324 g/mol. The number of rotatable bonds is 5. The highest BCUT2D eigenvalue weighted by Gasteiger charge is 2.14. The van der Waals surface area contributed by atoms with Crippen molar-refractivity contribution in [3.05, 3.63) is 70.9 Å². The standard InChI is InChI=1S/C22H27N2S/c1-4-23-15-14-19(20-8-6-7-9-21(20)23)12-10-18(3)11-13-22-24(5-2)16-17-25-22/h6-15H,4-5,16-17H2,1-3H3/q+1. The highest BCUT2D eigenvalue weighted by atomic mass is 32.2. The number of pyridine rings is 1. The molecule has 0 bridgehead atoms. The third-order valence-corrected chi connectivity index (χ3v) is 5.70. The fourth-order valence-electron chi connectivity index (χ4n) is 3.14. The predicted octanol–water partition coefficient (Wildman–Crippen LogP) is 5.02. The minimum Gasteiger partial charge on any atom is -0.366 e. The lowest BCUT2D eigenvalue weighted by Gasteiger charge is -2.15. The normalized spacial score (nSPS) is 17.3. The Morgan fingerprint density at radius 3 is 2.88 bits per heavy atom. The molecular formula is C22H27N2S+. The summed E-state index contributed by atoms with van der Waals surface area (Å²) < 4.78 is 2.29. The molecule has 0 spiro atoms. The molecule has 0 saturated carbocycles. The van der Waals surface area contributed by atoms with Crippen LogP contribution in [0.4, 0.5) is 0 Å². The van der Waals surface area contributed by atoms with E-state index in [-0.39, 0.29) is 0 Å². The Hall–Kier alpha value is -2.00. The van der Waals surface area contributed by atoms with Gasteiger partial charge in [0.1, 0.15) is 6.54 Å². The quantitative estimate of drug-likeness (QED) is 0.552. The Kier molecular flexibility index (Phi) is 5.98. The largest absolute Gasteiger partial charge is 0.366 e. The molecule has 3 heteroatoms. The van der Waals surface area contributed by atoms with Crippen LogP contribution in [-0.4, -0.2) is 23.7 Å². The lowest BCUT2D eigenvalue weighted by molar-refractivity contribution is -0.667. The molecule has 2 aromatic rings. The Labute approximate surface area is 155 Å². The van der Waals surface area contributed by atoms with Crippen LogP contribution in [0.2, 0.25) is 0 Å². The number of hydrogen-bond acceptors (Lipinski definition) is 2. The molecule has 1 aromatic carbocycles. The molecule has 1 aliphatic rings. The molecule has 1 aliphatic heterocycles. The molecule has 130 valence electrons. The summed E-state index contributed by atoms with van der Waals surface area (Å²) in [4.78, 5) is 2.44. The summed E-state index contributed by atoms with van der Waals surface area (Å²) in [7, 11) is 0. The third-order valence-electron chi connectivity index (χ3n) is 4.62. The number of benzene rings is 1. The van der Waals surface area contributed by atoms with Gasteiger partial charge in [0.25, 0.3) is 0 Å². The molecule has 0 atom stereocenters. The maximum Gasteiger partial charge on any atom is 0.213 e. The minimum absolute atomic E-state index is 0.989. The fraction of sp³-hybridized carbons (Fsp3) is 0.318. The number of hydrogen-bond donors (Lipinski definition) is 0. The van der Waals surface area contributed by atoms with E-state index in [1.165, 1.54) is 39.4 Å². The van der Waals surface area contributed by atoms with Crippen molar-refractivity contribution in [2.75, 3.05) is 18.8 Å². The SMILES string of the molecule is CCN1CCSC1=CC=C(C)C=Cc1cc[n+](CC)c2ccccc12. The third kappa shape index (κ3) is 4.16. The summed E-state index contributed by atoms with van der Waals surface area (Å²) >= 11 is 1.95. The number of allylic oxidation sites excluding steroid dienone is 4. The van der Waals surface area contributed by atoms with E-state index in [1.807, 2.05) is 11.8 Å². The molecule has 0 radical (unpaired) electrons. The summed E-state index contributed by atoms with van der Waals surface area (Å²) in [5.74, 6) is 1.20. The van der Waals surface area contributed by atoms with Crippen LogP contribution >= 0.6 is 11.8 Å². The number of fused-ring (bicyclic) bond motifs is 1. The molecule has 0 N–H and O–H groups in total. The second kappa shape index (κ2) is 8.39. The first kappa shape index (κ1) is 17.8. The van der Waals surface area contributed by atoms with Crippen LogP contribution in [0.25, 0.3) is 17.0 Å². The molecule has 2 nitrogen and oxygen atoms in total. The molecule has 2 heterocycles. The number of para-hydroxylation sites is 1. The van der Waals surface area contributed by atoms with E-state index in [0.29, 0.717) is 0 Å². The zero-order valence-electron chi connectivity index (χ0n) is 15.4. The van der Waals surface area contributed by atoms with Gasteiger partial charge in [-0.1, -0.05) is 35.9 Å². The Morgan fingerprint density at radius 1 is 1.24 bits per heavy atom. The lowest BCUT2D eigenvalue weighted by atomic mass is 10.1. The predicted molar refractivity (Wildman–Crippen MR) is 110 cm³/mol. The van der Waals surface area contributed by atoms with Crippen molar-refractivity contribution in [3.8, 4) is 0 Å². The van der Waals surface area contributed by atoms with Gasteiger partial charge in [-0.25, -0.2) is 0 Å². The van der Waals surface area contributed by atoms with Crippen molar-refractivity contribution in [1.29, 1.82) is 0 Å². The molecule has 0 unspecified atom stereocenters. The van der Waals surface area contributed by atoms with Gasteiger partial charge in [-0.3, -0.25) is 0 Å². The molecule has 1 fully saturated rings. The van der Waals surface area contributed by atoms with Gasteiger partial charge in [-0.15, -0.1) is 11.8 Å². The number of aryl methyl sites for hydroxylation is 1. The first-order chi connectivity index (χ1) is 12.2. The maximum atomic E-state index is 2.44. The average Bonchev–Trinajstić information content (AvgIpc) is 3.12. The van der Waals surface area contributed by atoms with Gasteiger partial charge >= 0.3 is 0 Å². The molecule has 0 amide bonds. The van der Waals surface area contributed by atoms with E-state index in [0.717, 1.165) is 13.1 Å². The van der Waals surface area contributed by atoms with Crippen LogP contribution in [0.3, 0.4) is 0 Å². The van der Waals surface area contributed by atoms with E-state index in [1.54, 1.807) is 0 Å². The summed E-state index contributed by atoms with van der Waals surface area (Å²) in [6, 6.07) is 10.8. The van der Waals surface area contributed by atoms with Crippen LogP contribution in [-0.2, 0) is 6.54 Å². The van der Waals surface area contributed by atoms with E-state index < -0.39 is 0 Å². The van der Waals surface area contributed by atoms with Crippen molar-refractivity contribution in [3.63, 3.8) is 0 Å². The fourth-order valence-corrected chi connectivity index (χ4v) is 4.23. The molecule has 1 aromatic heterocycles. The van der Waals surface area contributed by atoms with Crippen LogP contribution in [0.1, 0.15) is 26.3 Å². The Morgan fingerprint density at radius 2 is 2.08 bits per heavy atom. The van der Waals surface area contributed by atoms with Crippen molar-refractivity contribution in [2.24, 2.45) is 0 Å². The van der Waals surface area contributed by atoms with Crippen LogP contribution < -0.4 is 4.57 Å². The monoisotopic (exact) mass is 351 g/mol. The Bertz CT molecular complexity index is 833. The van der Waals surface area contributed by atoms with Gasteiger partial charge in [0.05, 0.1) is 10.4 Å². The summed E-state index contributed by atoms with van der Waals surface area (Å²) in [6.45, 7) is 9.82. The number of thioether (sulfide) groups is 1. The van der Waals surface area contributed by atoms with Gasteiger partial charge in [-0.2, -0.15) is 4.57 Å². The molecule has 25 heavy (non-hydrogen) atoms. The lowest BCUT2D eigenvalue weighted by Crippen LogP contribution is -2.32. The van der Waals surface area contributed by atoms with Crippen molar-refractivity contribution >= 4 is 28.7 Å². The highest BCUT2D eigenvalue weighted by molar-refractivity contribution is 8.03.